The normalized spacial score (nSPS) is 14.2. The Balaban J connectivity index is 2.72. The molecule has 0 spiro atoms. The minimum Gasteiger partial charge on any atom is -0.508 e. The number of aliphatic hydroxyl groups excluding tert-OH is 4. The Morgan fingerprint density at radius 2 is 0.954 bits per heavy atom. The molecule has 13 N–H and O–H groups in total. The van der Waals surface area contributed by atoms with E-state index in [0.717, 1.165) is 26.2 Å². The summed E-state index contributed by atoms with van der Waals surface area (Å²) in [6.07, 6.45) is 12.2. The highest BCUT2D eigenvalue weighted by molar-refractivity contribution is 5.97. The first-order valence-corrected chi connectivity index (χ1v) is 22.6. The summed E-state index contributed by atoms with van der Waals surface area (Å²) >= 11 is 0. The highest BCUT2D eigenvalue weighted by Crippen LogP contribution is 2.14. The number of phenolic OH excluding ortho intramolecular Hbond substituents is 1. The molecule has 7 atom stereocenters. The lowest BCUT2D eigenvalue weighted by atomic mass is 10.0. The molecule has 1 rings (SSSR count). The van der Waals surface area contributed by atoms with Crippen LogP contribution in [0.4, 0.5) is 0 Å². The quantitative estimate of drug-likeness (QED) is 0.0353. The van der Waals surface area contributed by atoms with Crippen molar-refractivity contribution in [3.05, 3.63) is 29.8 Å². The molecule has 368 valence electrons. The van der Waals surface area contributed by atoms with Gasteiger partial charge in [0.1, 0.15) is 36.0 Å². The second-order valence-corrected chi connectivity index (χ2v) is 16.1. The van der Waals surface area contributed by atoms with Crippen LogP contribution in [0, 0.1) is 0 Å². The number of carbonyl (C=O) groups is 8. The molecule has 21 nitrogen and oxygen atoms in total. The molecule has 0 radical (unpaired) electrons. The van der Waals surface area contributed by atoms with E-state index in [9.17, 15) is 63.9 Å². The molecule has 0 aliphatic heterocycles. The zero-order valence-corrected chi connectivity index (χ0v) is 38.3. The van der Waals surface area contributed by atoms with Crippen LogP contribution in [0.3, 0.4) is 0 Å². The standard InChI is InChI=1S/C44H74N8O13/c1-5-6-7-8-9-10-11-12-13-14-15-16-17-18-35(58)46-24-36(59)48-33(26-53)40(61)47-25-37(60)51-39(29(3)56)44(65)49-32(23-30-19-21-31(57)22-20-30)41(62)50-34(27-54)42(63)52-38(28(2)55)43(64)45-4/h19-22,28-29,32-34,38-39,53-57H,5-18,23-27H2,1-4H3,(H,45,64)(H,46,58)(H,47,61)(H,48,59)(H,49,65)(H,50,62)(H,51,60)(H,52,63)/t28-,29-,32+,33+,34+,38+,39+/m1/s1. The maximum Gasteiger partial charge on any atom is 0.245 e. The maximum absolute atomic E-state index is 13.5. The van der Waals surface area contributed by atoms with Crippen molar-refractivity contribution >= 4 is 47.3 Å². The van der Waals surface area contributed by atoms with Crippen molar-refractivity contribution in [1.29, 1.82) is 0 Å². The second-order valence-electron chi connectivity index (χ2n) is 16.1. The van der Waals surface area contributed by atoms with Crippen molar-refractivity contribution in [2.24, 2.45) is 0 Å². The van der Waals surface area contributed by atoms with E-state index in [1.807, 2.05) is 0 Å². The number of likely N-dealkylation sites (N-methyl/N-ethyl adjacent to an activating group) is 1. The van der Waals surface area contributed by atoms with Crippen molar-refractivity contribution < 1.29 is 63.9 Å². The predicted octanol–water partition coefficient (Wildman–Crippen LogP) is -1.44. The molecule has 1 aromatic carbocycles. The highest BCUT2D eigenvalue weighted by atomic mass is 16.3. The van der Waals surface area contributed by atoms with E-state index in [1.165, 1.54) is 96.0 Å². The number of aliphatic hydroxyl groups is 4. The molecule has 0 aromatic heterocycles. The van der Waals surface area contributed by atoms with Gasteiger partial charge in [-0.2, -0.15) is 0 Å². The highest BCUT2D eigenvalue weighted by Gasteiger charge is 2.34. The molecule has 65 heavy (non-hydrogen) atoms. The van der Waals surface area contributed by atoms with Crippen LogP contribution in [0.2, 0.25) is 0 Å². The topological polar surface area (TPSA) is 334 Å². The summed E-state index contributed by atoms with van der Waals surface area (Å²) < 4.78 is 0. The first-order chi connectivity index (χ1) is 31.0. The van der Waals surface area contributed by atoms with Gasteiger partial charge >= 0.3 is 0 Å². The predicted molar refractivity (Wildman–Crippen MR) is 239 cm³/mol. The van der Waals surface area contributed by atoms with Gasteiger partial charge in [0.15, 0.2) is 0 Å². The van der Waals surface area contributed by atoms with Crippen LogP contribution in [-0.2, 0) is 44.8 Å². The number of phenols is 1. The summed E-state index contributed by atoms with van der Waals surface area (Å²) in [6.45, 7) is 1.54. The van der Waals surface area contributed by atoms with E-state index in [-0.39, 0.29) is 24.5 Å². The summed E-state index contributed by atoms with van der Waals surface area (Å²) in [4.78, 5) is 102. The van der Waals surface area contributed by atoms with Gasteiger partial charge < -0.3 is 68.1 Å². The molecule has 0 aliphatic carbocycles. The number of nitrogens with one attached hydrogen (secondary N) is 8. The number of unbranched alkanes of at least 4 members (excludes halogenated alkanes) is 12. The molecule has 0 aliphatic rings. The van der Waals surface area contributed by atoms with Crippen LogP contribution < -0.4 is 42.5 Å². The van der Waals surface area contributed by atoms with E-state index < -0.39 is 110 Å². The minimum absolute atomic E-state index is 0.102. The maximum atomic E-state index is 13.5. The van der Waals surface area contributed by atoms with Gasteiger partial charge in [-0.15, -0.1) is 0 Å². The number of hydrogen-bond acceptors (Lipinski definition) is 13. The average Bonchev–Trinajstić information content (AvgIpc) is 3.27. The fourth-order valence-electron chi connectivity index (χ4n) is 6.55. The number of hydrogen-bond donors (Lipinski definition) is 13. The summed E-state index contributed by atoms with van der Waals surface area (Å²) in [5, 5.41) is 68.1. The van der Waals surface area contributed by atoms with E-state index in [0.29, 0.717) is 12.0 Å². The monoisotopic (exact) mass is 923 g/mol. The van der Waals surface area contributed by atoms with E-state index >= 15 is 0 Å². The van der Waals surface area contributed by atoms with Gasteiger partial charge in [-0.1, -0.05) is 96.1 Å². The van der Waals surface area contributed by atoms with Crippen LogP contribution in [0.1, 0.15) is 116 Å². The van der Waals surface area contributed by atoms with E-state index in [4.69, 9.17) is 0 Å². The van der Waals surface area contributed by atoms with Crippen molar-refractivity contribution in [3.8, 4) is 5.75 Å². The molecule has 21 heteroatoms. The summed E-state index contributed by atoms with van der Waals surface area (Å²) in [5.41, 5.74) is 0.403. The summed E-state index contributed by atoms with van der Waals surface area (Å²) in [7, 11) is 1.27. The van der Waals surface area contributed by atoms with Crippen LogP contribution in [0.25, 0.3) is 0 Å². The Morgan fingerprint density at radius 1 is 0.508 bits per heavy atom. The third-order valence-electron chi connectivity index (χ3n) is 10.4. The van der Waals surface area contributed by atoms with Crippen LogP contribution in [0.15, 0.2) is 24.3 Å². The molecule has 0 heterocycles. The third kappa shape index (κ3) is 24.5. The first kappa shape index (κ1) is 57.6. The van der Waals surface area contributed by atoms with Gasteiger partial charge in [0, 0.05) is 19.9 Å². The van der Waals surface area contributed by atoms with Crippen molar-refractivity contribution in [2.75, 3.05) is 33.4 Å². The molecular weight excluding hydrogens is 849 g/mol. The number of rotatable bonds is 34. The van der Waals surface area contributed by atoms with Gasteiger partial charge in [0.25, 0.3) is 0 Å². The Bertz CT molecular complexity index is 1630. The number of benzene rings is 1. The van der Waals surface area contributed by atoms with Crippen molar-refractivity contribution in [1.82, 2.24) is 42.5 Å². The zero-order valence-electron chi connectivity index (χ0n) is 38.3. The minimum atomic E-state index is -1.72. The molecular formula is C44H74N8O13. The smallest absolute Gasteiger partial charge is 0.245 e. The molecule has 0 fully saturated rings. The number of amides is 8. The van der Waals surface area contributed by atoms with Gasteiger partial charge in [0.2, 0.25) is 47.3 Å². The third-order valence-corrected chi connectivity index (χ3v) is 10.4. The summed E-state index contributed by atoms with van der Waals surface area (Å²) in [6, 6.07) is -2.38. The van der Waals surface area contributed by atoms with Gasteiger partial charge in [-0.3, -0.25) is 38.4 Å². The molecule has 0 unspecified atom stereocenters. The van der Waals surface area contributed by atoms with Crippen molar-refractivity contribution in [2.45, 2.75) is 160 Å². The largest absolute Gasteiger partial charge is 0.508 e. The molecule has 1 aromatic rings. The number of aromatic hydroxyl groups is 1. The van der Waals surface area contributed by atoms with Crippen LogP contribution in [0.5, 0.6) is 5.75 Å². The fourth-order valence-corrected chi connectivity index (χ4v) is 6.55. The second kappa shape index (κ2) is 33.2. The molecule has 8 amide bonds. The Hall–Kier alpha value is -5.38. The van der Waals surface area contributed by atoms with Crippen molar-refractivity contribution in [3.63, 3.8) is 0 Å². The zero-order chi connectivity index (χ0) is 48.7. The van der Waals surface area contributed by atoms with Crippen LogP contribution in [-0.4, -0.2) is 149 Å². The van der Waals surface area contributed by atoms with E-state index in [1.54, 1.807) is 0 Å². The number of carbonyl (C=O) groups excluding carboxylic acids is 8. The SMILES string of the molecule is CCCCCCCCCCCCCCCC(=O)NCC(=O)N[C@@H](CO)C(=O)NCC(=O)N[C@H](C(=O)N[C@@H](Cc1ccc(O)cc1)C(=O)N[C@@H](CO)C(=O)N[C@H](C(=O)NC)[C@@H](C)O)[C@@H](C)O. The Labute approximate surface area is 381 Å². The first-order valence-electron chi connectivity index (χ1n) is 22.6. The van der Waals surface area contributed by atoms with Gasteiger partial charge in [-0.25, -0.2) is 0 Å². The summed E-state index contributed by atoms with van der Waals surface area (Å²) in [5.74, 6) is -7.10. The lowest BCUT2D eigenvalue weighted by Crippen LogP contribution is -2.61. The lowest BCUT2D eigenvalue weighted by molar-refractivity contribution is -0.136. The van der Waals surface area contributed by atoms with Gasteiger partial charge in [-0.05, 0) is 38.0 Å². The molecule has 0 saturated carbocycles. The average molecular weight is 923 g/mol. The van der Waals surface area contributed by atoms with Crippen LogP contribution >= 0.6 is 0 Å². The Kier molecular flexibility index (Phi) is 29.4. The Morgan fingerprint density at radius 3 is 1.46 bits per heavy atom. The fraction of sp³-hybridized carbons (Fsp3) is 0.682. The van der Waals surface area contributed by atoms with E-state index in [2.05, 4.69) is 49.5 Å². The molecule has 0 bridgehead atoms. The molecule has 0 saturated heterocycles. The van der Waals surface area contributed by atoms with Gasteiger partial charge in [0.05, 0.1) is 38.5 Å². The lowest BCUT2D eigenvalue weighted by Gasteiger charge is -2.27.